The van der Waals surface area contributed by atoms with Crippen molar-refractivity contribution in [1.82, 2.24) is 5.32 Å². The Kier molecular flexibility index (Phi) is 5.17. The Morgan fingerprint density at radius 2 is 2.00 bits per heavy atom. The summed E-state index contributed by atoms with van der Waals surface area (Å²) < 4.78 is 35.7. The minimum absolute atomic E-state index is 0.0726. The van der Waals surface area contributed by atoms with E-state index in [4.69, 9.17) is 4.74 Å². The minimum Gasteiger partial charge on any atom is -0.434 e. The molecule has 3 nitrogen and oxygen atoms in total. The largest absolute Gasteiger partial charge is 0.434 e. The molecule has 0 radical (unpaired) electrons. The van der Waals surface area contributed by atoms with E-state index in [0.717, 1.165) is 13.0 Å². The topological polar surface area (TPSA) is 30.5 Å². The molecule has 2 rings (SSSR count). The van der Waals surface area contributed by atoms with Gasteiger partial charge in [-0.3, -0.25) is 0 Å². The zero-order valence-electron chi connectivity index (χ0n) is 12.7. The second kappa shape index (κ2) is 6.71. The fourth-order valence-electron chi connectivity index (χ4n) is 2.64. The van der Waals surface area contributed by atoms with Crippen molar-refractivity contribution in [1.29, 1.82) is 0 Å². The zero-order valence-corrected chi connectivity index (χ0v) is 12.7. The van der Waals surface area contributed by atoms with E-state index in [0.29, 0.717) is 12.1 Å². The van der Waals surface area contributed by atoms with Crippen molar-refractivity contribution in [2.45, 2.75) is 46.0 Å². The molecule has 118 valence electrons. The van der Waals surface area contributed by atoms with Crippen LogP contribution in [0.15, 0.2) is 24.3 Å². The summed E-state index contributed by atoms with van der Waals surface area (Å²) in [5.74, 6) is 0.190. The van der Waals surface area contributed by atoms with Gasteiger partial charge in [-0.1, -0.05) is 39.0 Å². The first kappa shape index (κ1) is 16.2. The van der Waals surface area contributed by atoms with Gasteiger partial charge < -0.3 is 14.8 Å². The van der Waals surface area contributed by atoms with Crippen molar-refractivity contribution in [2.24, 2.45) is 5.41 Å². The number of para-hydroxylation sites is 1. The Morgan fingerprint density at radius 3 is 2.67 bits per heavy atom. The summed E-state index contributed by atoms with van der Waals surface area (Å²) in [6.45, 7) is 5.04. The second-order valence-corrected chi connectivity index (χ2v) is 6.59. The zero-order chi connectivity index (χ0) is 15.5. The quantitative estimate of drug-likeness (QED) is 0.918. The molecule has 0 bridgehead atoms. The summed E-state index contributed by atoms with van der Waals surface area (Å²) in [5, 5.41) is 3.32. The lowest BCUT2D eigenvalue weighted by Crippen LogP contribution is -2.42. The van der Waals surface area contributed by atoms with Crippen molar-refractivity contribution < 1.29 is 18.3 Å². The van der Waals surface area contributed by atoms with E-state index in [9.17, 15) is 8.78 Å². The summed E-state index contributed by atoms with van der Waals surface area (Å²) in [6.07, 6.45) is 0.721. The molecule has 1 aromatic rings. The minimum atomic E-state index is -2.83. The van der Waals surface area contributed by atoms with Crippen LogP contribution in [0.3, 0.4) is 0 Å². The molecule has 0 saturated carbocycles. The Bertz CT molecular complexity index is 460. The first-order chi connectivity index (χ1) is 9.85. The van der Waals surface area contributed by atoms with E-state index < -0.39 is 6.61 Å². The van der Waals surface area contributed by atoms with Crippen molar-refractivity contribution in [2.75, 3.05) is 13.1 Å². The number of alkyl halides is 2. The number of hydrogen-bond acceptors (Lipinski definition) is 3. The molecule has 1 heterocycles. The lowest BCUT2D eigenvalue weighted by molar-refractivity contribution is -0.0670. The Morgan fingerprint density at radius 1 is 1.29 bits per heavy atom. The number of ether oxygens (including phenoxy) is 2. The summed E-state index contributed by atoms with van der Waals surface area (Å²) in [7, 11) is 0. The molecule has 2 unspecified atom stereocenters. The van der Waals surface area contributed by atoms with Crippen LogP contribution in [0.25, 0.3) is 0 Å². The number of benzene rings is 1. The predicted molar refractivity (Wildman–Crippen MR) is 77.6 cm³/mol. The van der Waals surface area contributed by atoms with E-state index >= 15 is 0 Å². The van der Waals surface area contributed by atoms with Gasteiger partial charge in [0.2, 0.25) is 0 Å². The highest BCUT2D eigenvalue weighted by Gasteiger charge is 2.28. The number of hydrogen-bond donors (Lipinski definition) is 1. The van der Waals surface area contributed by atoms with E-state index in [-0.39, 0.29) is 23.4 Å². The van der Waals surface area contributed by atoms with Gasteiger partial charge in [-0.2, -0.15) is 8.78 Å². The van der Waals surface area contributed by atoms with E-state index in [1.54, 1.807) is 18.2 Å². The molecule has 1 fully saturated rings. The molecule has 1 N–H and O–H groups in total. The van der Waals surface area contributed by atoms with Crippen molar-refractivity contribution in [3.8, 4) is 5.75 Å². The average Bonchev–Trinajstić information content (AvgIpc) is 2.37. The molecule has 1 aromatic carbocycles. The van der Waals surface area contributed by atoms with Crippen LogP contribution in [-0.4, -0.2) is 25.8 Å². The van der Waals surface area contributed by atoms with Gasteiger partial charge in [0.1, 0.15) is 5.75 Å². The predicted octanol–water partition coefficient (Wildman–Crippen LogP) is 3.75. The third-order valence-electron chi connectivity index (χ3n) is 3.38. The van der Waals surface area contributed by atoms with Crippen LogP contribution in [0.4, 0.5) is 8.78 Å². The van der Waals surface area contributed by atoms with E-state index in [2.05, 4.69) is 30.8 Å². The molecule has 5 heteroatoms. The Balaban J connectivity index is 2.10. The monoisotopic (exact) mass is 299 g/mol. The van der Waals surface area contributed by atoms with Gasteiger partial charge in [0.05, 0.1) is 12.2 Å². The van der Waals surface area contributed by atoms with Crippen molar-refractivity contribution in [3.05, 3.63) is 29.8 Å². The van der Waals surface area contributed by atoms with Gasteiger partial charge in [-0.15, -0.1) is 0 Å². The van der Waals surface area contributed by atoms with Gasteiger partial charge in [0.15, 0.2) is 0 Å². The number of morpholine rings is 1. The van der Waals surface area contributed by atoms with Crippen LogP contribution in [-0.2, 0) is 4.74 Å². The number of rotatable bonds is 4. The van der Waals surface area contributed by atoms with Crippen LogP contribution >= 0.6 is 0 Å². The van der Waals surface area contributed by atoms with Crippen LogP contribution < -0.4 is 10.1 Å². The molecule has 1 aliphatic heterocycles. The third-order valence-corrected chi connectivity index (χ3v) is 3.38. The normalized spacial score (nSPS) is 23.3. The summed E-state index contributed by atoms with van der Waals surface area (Å²) in [4.78, 5) is 0. The highest BCUT2D eigenvalue weighted by atomic mass is 19.3. The molecule has 0 spiro atoms. The molecule has 21 heavy (non-hydrogen) atoms. The van der Waals surface area contributed by atoms with Gasteiger partial charge in [-0.25, -0.2) is 0 Å². The Labute approximate surface area is 124 Å². The highest BCUT2D eigenvalue weighted by molar-refractivity contribution is 5.35. The van der Waals surface area contributed by atoms with Crippen LogP contribution in [0, 0.1) is 5.41 Å². The summed E-state index contributed by atoms with van der Waals surface area (Å²) in [6, 6.07) is 6.83. The van der Waals surface area contributed by atoms with E-state index in [1.807, 2.05) is 6.07 Å². The maximum absolute atomic E-state index is 12.5. The van der Waals surface area contributed by atoms with E-state index in [1.165, 1.54) is 0 Å². The van der Waals surface area contributed by atoms with Crippen molar-refractivity contribution >= 4 is 0 Å². The van der Waals surface area contributed by atoms with Crippen LogP contribution in [0.5, 0.6) is 5.75 Å². The van der Waals surface area contributed by atoms with Gasteiger partial charge in [-0.05, 0) is 17.9 Å². The lowest BCUT2D eigenvalue weighted by Gasteiger charge is -2.35. The Hall–Kier alpha value is -1.20. The average molecular weight is 299 g/mol. The molecule has 0 amide bonds. The van der Waals surface area contributed by atoms with Crippen molar-refractivity contribution in [3.63, 3.8) is 0 Å². The summed E-state index contributed by atoms with van der Waals surface area (Å²) >= 11 is 0. The summed E-state index contributed by atoms with van der Waals surface area (Å²) in [5.41, 5.74) is 0.830. The molecular weight excluding hydrogens is 276 g/mol. The second-order valence-electron chi connectivity index (χ2n) is 6.59. The molecule has 1 saturated heterocycles. The number of nitrogens with one attached hydrogen (secondary N) is 1. The van der Waals surface area contributed by atoms with Gasteiger partial charge in [0.25, 0.3) is 0 Å². The molecular formula is C16H23F2NO2. The first-order valence-corrected chi connectivity index (χ1v) is 7.25. The fourth-order valence-corrected chi connectivity index (χ4v) is 2.64. The standard InChI is InChI=1S/C16H23F2NO2/c1-16(2,3)8-11-9-19-10-14(20-11)12-6-4-5-7-13(12)21-15(17)18/h4-7,11,14-15,19H,8-10H2,1-3H3. The smallest absolute Gasteiger partial charge is 0.387 e. The lowest BCUT2D eigenvalue weighted by atomic mass is 9.88. The maximum atomic E-state index is 12.5. The highest BCUT2D eigenvalue weighted by Crippen LogP contribution is 2.33. The maximum Gasteiger partial charge on any atom is 0.387 e. The third kappa shape index (κ3) is 4.93. The molecule has 0 aromatic heterocycles. The molecule has 0 aliphatic carbocycles. The van der Waals surface area contributed by atoms with Crippen LogP contribution in [0.1, 0.15) is 38.9 Å². The molecule has 1 aliphatic rings. The van der Waals surface area contributed by atoms with Crippen LogP contribution in [0.2, 0.25) is 0 Å². The first-order valence-electron chi connectivity index (χ1n) is 7.25. The SMILES string of the molecule is CC(C)(C)CC1CNCC(c2ccccc2OC(F)F)O1. The van der Waals surface area contributed by atoms with Gasteiger partial charge >= 0.3 is 6.61 Å². The molecule has 2 atom stereocenters. The van der Waals surface area contributed by atoms with Gasteiger partial charge in [0, 0.05) is 18.7 Å². The number of halogens is 2. The fraction of sp³-hybridized carbons (Fsp3) is 0.625.